The van der Waals surface area contributed by atoms with Crippen LogP contribution in [-0.4, -0.2) is 66.4 Å². The molecule has 0 aromatic heterocycles. The van der Waals surface area contributed by atoms with Gasteiger partial charge in [-0.2, -0.15) is 0 Å². The summed E-state index contributed by atoms with van der Waals surface area (Å²) in [6.07, 6.45) is 0.782. The van der Waals surface area contributed by atoms with E-state index < -0.39 is 17.6 Å². The van der Waals surface area contributed by atoms with Crippen LogP contribution in [0.2, 0.25) is 0 Å². The first-order valence-electron chi connectivity index (χ1n) is 12.2. The Morgan fingerprint density at radius 2 is 1.66 bits per heavy atom. The van der Waals surface area contributed by atoms with Crippen LogP contribution < -0.4 is 5.32 Å². The summed E-state index contributed by atoms with van der Waals surface area (Å²) in [5, 5.41) is 12.0. The topological polar surface area (TPSA) is 105 Å². The van der Waals surface area contributed by atoms with E-state index in [0.717, 1.165) is 22.3 Å². The van der Waals surface area contributed by atoms with Crippen molar-refractivity contribution in [1.82, 2.24) is 10.2 Å². The van der Waals surface area contributed by atoms with Gasteiger partial charge in [-0.3, -0.25) is 9.59 Å². The Balaban J connectivity index is 1.27. The molecule has 1 aliphatic carbocycles. The number of fused-ring (bicyclic) bond motifs is 3. The molecule has 5 rings (SSSR count). The van der Waals surface area contributed by atoms with Gasteiger partial charge in [0.15, 0.2) is 0 Å². The average molecular weight is 479 g/mol. The van der Waals surface area contributed by atoms with Crippen molar-refractivity contribution < 1.29 is 29.0 Å². The third-order valence-corrected chi connectivity index (χ3v) is 7.48. The van der Waals surface area contributed by atoms with Crippen LogP contribution in [0.1, 0.15) is 42.7 Å². The maximum atomic E-state index is 13.5. The highest BCUT2D eigenvalue weighted by atomic mass is 16.5. The van der Waals surface area contributed by atoms with Crippen molar-refractivity contribution in [3.8, 4) is 11.1 Å². The van der Waals surface area contributed by atoms with Gasteiger partial charge in [-0.05, 0) is 34.6 Å². The van der Waals surface area contributed by atoms with Crippen molar-refractivity contribution in [2.45, 2.75) is 37.1 Å². The predicted octanol–water partition coefficient (Wildman–Crippen LogP) is 3.40. The van der Waals surface area contributed by atoms with E-state index in [1.807, 2.05) is 24.3 Å². The number of ether oxygens (including phenoxy) is 2. The van der Waals surface area contributed by atoms with Crippen LogP contribution in [0.3, 0.4) is 0 Å². The minimum atomic E-state index is -1.10. The molecule has 0 spiro atoms. The first kappa shape index (κ1) is 23.4. The lowest BCUT2D eigenvalue weighted by atomic mass is 9.88. The van der Waals surface area contributed by atoms with Crippen LogP contribution in [-0.2, 0) is 19.1 Å². The summed E-state index contributed by atoms with van der Waals surface area (Å²) in [4.78, 5) is 39.3. The number of carboxylic acids is 1. The van der Waals surface area contributed by atoms with E-state index in [9.17, 15) is 14.4 Å². The zero-order chi connectivity index (χ0) is 24.4. The Hall–Kier alpha value is -3.39. The number of aliphatic carboxylic acids is 1. The van der Waals surface area contributed by atoms with Crippen LogP contribution >= 0.6 is 0 Å². The van der Waals surface area contributed by atoms with E-state index in [1.54, 1.807) is 4.90 Å². The number of likely N-dealkylation sites (tertiary alicyclic amines) is 1. The third-order valence-electron chi connectivity index (χ3n) is 7.48. The van der Waals surface area contributed by atoms with E-state index in [0.29, 0.717) is 45.6 Å². The molecule has 1 unspecified atom stereocenters. The van der Waals surface area contributed by atoms with Gasteiger partial charge < -0.3 is 24.8 Å². The Kier molecular flexibility index (Phi) is 6.47. The number of carboxylic acid groups (broad SMARTS) is 1. The predicted molar refractivity (Wildman–Crippen MR) is 128 cm³/mol. The number of rotatable bonds is 6. The zero-order valence-corrected chi connectivity index (χ0v) is 19.6. The molecule has 8 nitrogen and oxygen atoms in total. The zero-order valence-electron chi connectivity index (χ0n) is 19.6. The summed E-state index contributed by atoms with van der Waals surface area (Å²) in [5.41, 5.74) is 3.45. The summed E-state index contributed by atoms with van der Waals surface area (Å²) in [6, 6.07) is 16.3. The first-order valence-corrected chi connectivity index (χ1v) is 12.2. The SMILES string of the molecule is O=C(O)CC1CCN(C(=O)C2(NC(=O)OCC3c4ccccc4-c4ccccc43)CCOCC2)C1. The Morgan fingerprint density at radius 3 is 2.29 bits per heavy atom. The number of nitrogens with zero attached hydrogens (tertiary/aromatic N) is 1. The fourth-order valence-electron chi connectivity index (χ4n) is 5.68. The maximum absolute atomic E-state index is 13.5. The second kappa shape index (κ2) is 9.70. The molecule has 2 fully saturated rings. The number of benzene rings is 2. The fourth-order valence-corrected chi connectivity index (χ4v) is 5.68. The minimum Gasteiger partial charge on any atom is -0.481 e. The van der Waals surface area contributed by atoms with E-state index >= 15 is 0 Å². The average Bonchev–Trinajstić information content (AvgIpc) is 3.45. The molecule has 1 atom stereocenters. The van der Waals surface area contributed by atoms with Gasteiger partial charge in [-0.25, -0.2) is 4.79 Å². The number of carbonyl (C=O) groups is 3. The normalized spacial score (nSPS) is 20.7. The highest BCUT2D eigenvalue weighted by molar-refractivity contribution is 5.90. The molecule has 2 heterocycles. The van der Waals surface area contributed by atoms with Crippen LogP contribution in [0.25, 0.3) is 11.1 Å². The monoisotopic (exact) mass is 478 g/mol. The Bertz CT molecular complexity index is 1080. The quantitative estimate of drug-likeness (QED) is 0.659. The Morgan fingerprint density at radius 1 is 1.03 bits per heavy atom. The van der Waals surface area contributed by atoms with Crippen LogP contribution in [0.5, 0.6) is 0 Å². The summed E-state index contributed by atoms with van der Waals surface area (Å²) < 4.78 is 11.2. The minimum absolute atomic E-state index is 0.0414. The lowest BCUT2D eigenvalue weighted by Gasteiger charge is -2.38. The lowest BCUT2D eigenvalue weighted by molar-refractivity contribution is -0.142. The molecule has 2 aliphatic heterocycles. The van der Waals surface area contributed by atoms with Gasteiger partial charge in [0.2, 0.25) is 5.91 Å². The number of amides is 2. The molecule has 184 valence electrons. The molecule has 3 aliphatic rings. The standard InChI is InChI=1S/C27H30N2O6/c30-24(31)15-18-9-12-29(16-18)25(32)27(10-13-34-14-11-27)28-26(33)35-17-23-21-7-3-1-5-19(21)20-6-2-4-8-22(20)23/h1-8,18,23H,9-17H2,(H,28,33)(H,30,31). The molecule has 35 heavy (non-hydrogen) atoms. The van der Waals surface area contributed by atoms with Crippen LogP contribution in [0.4, 0.5) is 4.79 Å². The highest BCUT2D eigenvalue weighted by Gasteiger charge is 2.46. The summed E-state index contributed by atoms with van der Waals surface area (Å²) >= 11 is 0. The van der Waals surface area contributed by atoms with Gasteiger partial charge >= 0.3 is 12.1 Å². The molecule has 2 amide bonds. The molecule has 2 aromatic rings. The van der Waals surface area contributed by atoms with Crippen molar-refractivity contribution in [1.29, 1.82) is 0 Å². The number of nitrogens with one attached hydrogen (secondary N) is 1. The highest BCUT2D eigenvalue weighted by Crippen LogP contribution is 2.44. The second-order valence-corrected chi connectivity index (χ2v) is 9.65. The Labute approximate surface area is 204 Å². The van der Waals surface area contributed by atoms with E-state index in [-0.39, 0.29) is 30.8 Å². The second-order valence-electron chi connectivity index (χ2n) is 9.65. The largest absolute Gasteiger partial charge is 0.481 e. The van der Waals surface area contributed by atoms with E-state index in [4.69, 9.17) is 14.6 Å². The number of alkyl carbamates (subject to hydrolysis) is 1. The lowest BCUT2D eigenvalue weighted by Crippen LogP contribution is -2.61. The van der Waals surface area contributed by atoms with Crippen molar-refractivity contribution in [2.75, 3.05) is 32.9 Å². The molecule has 2 saturated heterocycles. The first-order chi connectivity index (χ1) is 17.0. The van der Waals surface area contributed by atoms with Gasteiger partial charge in [-0.15, -0.1) is 0 Å². The van der Waals surface area contributed by atoms with Crippen LogP contribution in [0, 0.1) is 5.92 Å². The molecule has 0 radical (unpaired) electrons. The molecule has 2 N–H and O–H groups in total. The third kappa shape index (κ3) is 4.62. The summed E-state index contributed by atoms with van der Waals surface area (Å²) in [6.45, 7) is 1.78. The number of hydrogen-bond acceptors (Lipinski definition) is 5. The molecule has 8 heteroatoms. The molecule has 0 saturated carbocycles. The number of carbonyl (C=O) groups excluding carboxylic acids is 2. The van der Waals surface area contributed by atoms with Gasteiger partial charge in [0.1, 0.15) is 12.1 Å². The summed E-state index contributed by atoms with van der Waals surface area (Å²) in [7, 11) is 0. The van der Waals surface area contributed by atoms with Crippen molar-refractivity contribution >= 4 is 18.0 Å². The summed E-state index contributed by atoms with van der Waals surface area (Å²) in [5.74, 6) is -1.17. The molecule has 0 bridgehead atoms. The fraction of sp³-hybridized carbons (Fsp3) is 0.444. The smallest absolute Gasteiger partial charge is 0.408 e. The molecular formula is C27H30N2O6. The molecule has 2 aromatic carbocycles. The van der Waals surface area contributed by atoms with Crippen molar-refractivity contribution in [3.05, 3.63) is 59.7 Å². The maximum Gasteiger partial charge on any atom is 0.408 e. The number of hydrogen-bond donors (Lipinski definition) is 2. The van der Waals surface area contributed by atoms with Gasteiger partial charge in [-0.1, -0.05) is 48.5 Å². The van der Waals surface area contributed by atoms with E-state index in [2.05, 4.69) is 29.6 Å². The van der Waals surface area contributed by atoms with Gasteiger partial charge in [0.05, 0.1) is 0 Å². The van der Waals surface area contributed by atoms with Crippen molar-refractivity contribution in [2.24, 2.45) is 5.92 Å². The van der Waals surface area contributed by atoms with Gasteiger partial charge in [0, 0.05) is 51.5 Å². The van der Waals surface area contributed by atoms with Crippen molar-refractivity contribution in [3.63, 3.8) is 0 Å². The van der Waals surface area contributed by atoms with Gasteiger partial charge in [0.25, 0.3) is 0 Å². The van der Waals surface area contributed by atoms with E-state index in [1.165, 1.54) is 0 Å². The molecular weight excluding hydrogens is 448 g/mol. The van der Waals surface area contributed by atoms with Crippen LogP contribution in [0.15, 0.2) is 48.5 Å².